The Morgan fingerprint density at radius 2 is 2.13 bits per heavy atom. The fourth-order valence-corrected chi connectivity index (χ4v) is 1.61. The molecule has 0 aliphatic carbocycles. The third-order valence-electron chi connectivity index (χ3n) is 2.45. The second kappa shape index (κ2) is 3.35. The highest BCUT2D eigenvalue weighted by Crippen LogP contribution is 2.26. The Morgan fingerprint density at radius 3 is 2.73 bits per heavy atom. The smallest absolute Gasteiger partial charge is 0.278 e. The van der Waals surface area contributed by atoms with Crippen LogP contribution in [-0.2, 0) is 0 Å². The van der Waals surface area contributed by atoms with E-state index in [1.165, 1.54) is 6.07 Å². The number of hydrogen-bond acceptors (Lipinski definition) is 1. The molecule has 2 rings (SSSR count). The van der Waals surface area contributed by atoms with Crippen LogP contribution >= 0.6 is 0 Å². The molecule has 0 radical (unpaired) electrons. The lowest BCUT2D eigenvalue weighted by Gasteiger charge is -1.97. The van der Waals surface area contributed by atoms with Crippen molar-refractivity contribution >= 4 is 10.9 Å². The van der Waals surface area contributed by atoms with Crippen molar-refractivity contribution in [2.75, 3.05) is 0 Å². The number of rotatable bonds is 1. The molecule has 76 valence electrons. The zero-order valence-electron chi connectivity index (χ0n) is 8.01. The first-order valence-corrected chi connectivity index (χ1v) is 4.44. The summed E-state index contributed by atoms with van der Waals surface area (Å²) in [5.41, 5.74) is 1.78. The van der Waals surface area contributed by atoms with Gasteiger partial charge in [0.1, 0.15) is 0 Å². The SMILES string of the molecule is Cc1c(C#N)ccc2[nH]c(C(F)F)cc12. The van der Waals surface area contributed by atoms with E-state index in [4.69, 9.17) is 5.26 Å². The summed E-state index contributed by atoms with van der Waals surface area (Å²) >= 11 is 0. The minimum atomic E-state index is -2.51. The van der Waals surface area contributed by atoms with E-state index < -0.39 is 6.43 Å². The summed E-state index contributed by atoms with van der Waals surface area (Å²) in [7, 11) is 0. The number of nitrogens with zero attached hydrogens (tertiary/aromatic N) is 1. The van der Waals surface area contributed by atoms with Crippen molar-refractivity contribution in [1.82, 2.24) is 4.98 Å². The normalized spacial score (nSPS) is 10.9. The first-order valence-electron chi connectivity index (χ1n) is 4.44. The van der Waals surface area contributed by atoms with Crippen LogP contribution in [0.5, 0.6) is 0 Å². The van der Waals surface area contributed by atoms with Crippen LogP contribution in [0.3, 0.4) is 0 Å². The maximum atomic E-state index is 12.4. The number of fused-ring (bicyclic) bond motifs is 1. The van der Waals surface area contributed by atoms with Crippen LogP contribution in [-0.4, -0.2) is 4.98 Å². The van der Waals surface area contributed by atoms with Gasteiger partial charge in [-0.25, -0.2) is 8.78 Å². The molecule has 0 bridgehead atoms. The Balaban J connectivity index is 2.72. The molecule has 2 nitrogen and oxygen atoms in total. The lowest BCUT2D eigenvalue weighted by atomic mass is 10.1. The molecule has 0 aliphatic heterocycles. The second-order valence-corrected chi connectivity index (χ2v) is 3.34. The van der Waals surface area contributed by atoms with Gasteiger partial charge >= 0.3 is 0 Å². The molecule has 0 atom stereocenters. The lowest BCUT2D eigenvalue weighted by molar-refractivity contribution is 0.147. The first kappa shape index (κ1) is 9.66. The van der Waals surface area contributed by atoms with Crippen molar-refractivity contribution in [2.24, 2.45) is 0 Å². The number of hydrogen-bond donors (Lipinski definition) is 1. The van der Waals surface area contributed by atoms with Crippen LogP contribution in [0.15, 0.2) is 18.2 Å². The fourth-order valence-electron chi connectivity index (χ4n) is 1.61. The molecule has 1 heterocycles. The van der Waals surface area contributed by atoms with Crippen molar-refractivity contribution < 1.29 is 8.78 Å². The van der Waals surface area contributed by atoms with E-state index in [0.29, 0.717) is 16.5 Å². The summed E-state index contributed by atoms with van der Waals surface area (Å²) in [6, 6.07) is 6.70. The number of aryl methyl sites for hydroxylation is 1. The summed E-state index contributed by atoms with van der Waals surface area (Å²) in [5, 5.41) is 9.47. The van der Waals surface area contributed by atoms with Gasteiger partial charge in [0.2, 0.25) is 0 Å². The number of aromatic nitrogens is 1. The molecule has 0 spiro atoms. The van der Waals surface area contributed by atoms with Crippen LogP contribution < -0.4 is 0 Å². The summed E-state index contributed by atoms with van der Waals surface area (Å²) in [6.07, 6.45) is -2.51. The Labute approximate surface area is 85.1 Å². The van der Waals surface area contributed by atoms with E-state index in [9.17, 15) is 8.78 Å². The first-order chi connectivity index (χ1) is 7.13. The molecule has 0 fully saturated rings. The van der Waals surface area contributed by atoms with Crippen molar-refractivity contribution in [3.63, 3.8) is 0 Å². The predicted molar refractivity (Wildman–Crippen MR) is 52.7 cm³/mol. The topological polar surface area (TPSA) is 39.6 Å². The highest BCUT2D eigenvalue weighted by atomic mass is 19.3. The molecule has 15 heavy (non-hydrogen) atoms. The Morgan fingerprint density at radius 1 is 1.40 bits per heavy atom. The number of benzene rings is 1. The third-order valence-corrected chi connectivity index (χ3v) is 2.45. The van der Waals surface area contributed by atoms with E-state index in [-0.39, 0.29) is 5.69 Å². The summed E-state index contributed by atoms with van der Waals surface area (Å²) < 4.78 is 24.8. The maximum absolute atomic E-state index is 12.4. The quantitative estimate of drug-likeness (QED) is 0.764. The van der Waals surface area contributed by atoms with E-state index >= 15 is 0 Å². The number of nitrogens with one attached hydrogen (secondary N) is 1. The van der Waals surface area contributed by atoms with Crippen molar-refractivity contribution in [3.8, 4) is 6.07 Å². The van der Waals surface area contributed by atoms with E-state index in [0.717, 1.165) is 5.56 Å². The average molecular weight is 206 g/mol. The van der Waals surface area contributed by atoms with Gasteiger partial charge in [0, 0.05) is 10.9 Å². The molecule has 1 N–H and O–H groups in total. The molecule has 1 aromatic heterocycles. The van der Waals surface area contributed by atoms with Gasteiger partial charge in [0.25, 0.3) is 6.43 Å². The average Bonchev–Trinajstić information content (AvgIpc) is 2.63. The lowest BCUT2D eigenvalue weighted by Crippen LogP contribution is -1.81. The Kier molecular flexibility index (Phi) is 2.16. The number of nitriles is 1. The van der Waals surface area contributed by atoms with E-state index in [1.807, 2.05) is 6.07 Å². The van der Waals surface area contributed by atoms with Crippen LogP contribution in [0.1, 0.15) is 23.2 Å². The van der Waals surface area contributed by atoms with Crippen molar-refractivity contribution in [1.29, 1.82) is 5.26 Å². The molecule has 0 saturated carbocycles. The van der Waals surface area contributed by atoms with Gasteiger partial charge < -0.3 is 4.98 Å². The van der Waals surface area contributed by atoms with Crippen LogP contribution in [0, 0.1) is 18.3 Å². The highest BCUT2D eigenvalue weighted by Gasteiger charge is 2.12. The maximum Gasteiger partial charge on any atom is 0.278 e. The standard InChI is InChI=1S/C11H8F2N2/c1-6-7(5-14)2-3-9-8(6)4-10(15-9)11(12)13/h2-4,11,15H,1H3. The molecule has 1 aromatic carbocycles. The zero-order valence-corrected chi connectivity index (χ0v) is 8.01. The molecule has 4 heteroatoms. The van der Waals surface area contributed by atoms with Gasteiger partial charge in [0.05, 0.1) is 17.3 Å². The monoisotopic (exact) mass is 206 g/mol. The largest absolute Gasteiger partial charge is 0.354 e. The minimum absolute atomic E-state index is 0.108. The second-order valence-electron chi connectivity index (χ2n) is 3.34. The molecular weight excluding hydrogens is 198 g/mol. The van der Waals surface area contributed by atoms with Crippen molar-refractivity contribution in [2.45, 2.75) is 13.3 Å². The molecule has 2 aromatic rings. The molecule has 0 amide bonds. The van der Waals surface area contributed by atoms with Gasteiger partial charge in [-0.3, -0.25) is 0 Å². The molecular formula is C11H8F2N2. The zero-order chi connectivity index (χ0) is 11.0. The van der Waals surface area contributed by atoms with Gasteiger partial charge in [-0.1, -0.05) is 0 Å². The van der Waals surface area contributed by atoms with E-state index in [2.05, 4.69) is 4.98 Å². The number of H-pyrrole nitrogens is 1. The van der Waals surface area contributed by atoms with Crippen molar-refractivity contribution in [3.05, 3.63) is 35.0 Å². The highest BCUT2D eigenvalue weighted by molar-refractivity contribution is 5.85. The Hall–Kier alpha value is -1.89. The Bertz CT molecular complexity index is 549. The minimum Gasteiger partial charge on any atom is -0.354 e. The van der Waals surface area contributed by atoms with Crippen LogP contribution in [0.25, 0.3) is 10.9 Å². The molecule has 0 unspecified atom stereocenters. The van der Waals surface area contributed by atoms with Gasteiger partial charge in [0.15, 0.2) is 0 Å². The number of halogens is 2. The predicted octanol–water partition coefficient (Wildman–Crippen LogP) is 3.29. The van der Waals surface area contributed by atoms with Gasteiger partial charge in [-0.05, 0) is 30.7 Å². The summed E-state index contributed by atoms with van der Waals surface area (Å²) in [5.74, 6) is 0. The molecule has 0 aliphatic rings. The summed E-state index contributed by atoms with van der Waals surface area (Å²) in [6.45, 7) is 1.75. The van der Waals surface area contributed by atoms with Gasteiger partial charge in [-0.15, -0.1) is 0 Å². The number of alkyl halides is 2. The number of aromatic amines is 1. The fraction of sp³-hybridized carbons (Fsp3) is 0.182. The van der Waals surface area contributed by atoms with E-state index in [1.54, 1.807) is 19.1 Å². The third kappa shape index (κ3) is 1.46. The van der Waals surface area contributed by atoms with Crippen LogP contribution in [0.2, 0.25) is 0 Å². The summed E-state index contributed by atoms with van der Waals surface area (Å²) in [4.78, 5) is 2.63. The molecule has 0 saturated heterocycles. The van der Waals surface area contributed by atoms with Crippen LogP contribution in [0.4, 0.5) is 8.78 Å². The van der Waals surface area contributed by atoms with Gasteiger partial charge in [-0.2, -0.15) is 5.26 Å².